The van der Waals surface area contributed by atoms with Crippen molar-refractivity contribution in [3.63, 3.8) is 0 Å². The topological polar surface area (TPSA) is 84.3 Å². The second-order valence-corrected chi connectivity index (χ2v) is 3.81. The number of aliphatic hydroxyl groups is 1. The van der Waals surface area contributed by atoms with Crippen molar-refractivity contribution in [2.75, 3.05) is 13.5 Å². The fourth-order valence-corrected chi connectivity index (χ4v) is 1.70. The van der Waals surface area contributed by atoms with Gasteiger partial charge in [-0.15, -0.1) is 0 Å². The first-order chi connectivity index (χ1) is 9.44. The lowest BCUT2D eigenvalue weighted by Gasteiger charge is -2.13. The highest BCUT2D eigenvalue weighted by Crippen LogP contribution is 2.29. The number of rotatable bonds is 2. The van der Waals surface area contributed by atoms with E-state index < -0.39 is 49.1 Å². The molecule has 0 radical (unpaired) electrons. The fourth-order valence-electron chi connectivity index (χ4n) is 1.70. The quantitative estimate of drug-likeness (QED) is 0.763. The number of hydrogen-bond acceptors (Lipinski definition) is 4. The van der Waals surface area contributed by atoms with Gasteiger partial charge in [0.25, 0.3) is 5.56 Å². The Labute approximate surface area is 109 Å². The summed E-state index contributed by atoms with van der Waals surface area (Å²) >= 11 is 0. The van der Waals surface area contributed by atoms with Crippen molar-refractivity contribution in [1.82, 2.24) is 9.55 Å². The summed E-state index contributed by atoms with van der Waals surface area (Å²) in [6, 6.07) is 0. The van der Waals surface area contributed by atoms with E-state index in [4.69, 9.17) is 9.84 Å². The second-order valence-electron chi connectivity index (χ2n) is 3.81. The van der Waals surface area contributed by atoms with Gasteiger partial charge in [0.15, 0.2) is 0 Å². The molecule has 0 spiro atoms. The van der Waals surface area contributed by atoms with E-state index in [0.717, 1.165) is 4.57 Å². The molecule has 2 N–H and O–H groups in total. The van der Waals surface area contributed by atoms with Gasteiger partial charge in [-0.05, 0) is 0 Å². The van der Waals surface area contributed by atoms with Gasteiger partial charge in [-0.1, -0.05) is 0 Å². The van der Waals surface area contributed by atoms with E-state index in [1.54, 1.807) is 4.98 Å². The highest BCUT2D eigenvalue weighted by molar-refractivity contribution is 4.91. The first-order valence-electron chi connectivity index (χ1n) is 5.47. The summed E-state index contributed by atoms with van der Waals surface area (Å²) in [4.78, 5) is 23.9. The van der Waals surface area contributed by atoms with Crippen LogP contribution in [0.4, 0.5) is 17.6 Å². The molecule has 1 aromatic heterocycles. The van der Waals surface area contributed by atoms with Crippen LogP contribution in [0.2, 0.25) is 0 Å². The minimum absolute atomic E-state index is 0.184. The van der Waals surface area contributed by atoms with E-state index in [1.165, 1.54) is 0 Å². The Balaban J connectivity index is 0.000000612. The van der Waals surface area contributed by atoms with Gasteiger partial charge < -0.3 is 9.84 Å². The average molecular weight is 300 g/mol. The smallest absolute Gasteiger partial charge is 0.330 e. The number of hydrogen-bond donors (Lipinski definition) is 2. The summed E-state index contributed by atoms with van der Waals surface area (Å²) in [5.74, 6) is -1.16. The van der Waals surface area contributed by atoms with Crippen LogP contribution in [0.25, 0.3) is 0 Å². The van der Waals surface area contributed by atoms with Crippen LogP contribution in [-0.4, -0.2) is 40.5 Å². The molecule has 0 aromatic carbocycles. The zero-order valence-corrected chi connectivity index (χ0v) is 10.1. The maximum atomic E-state index is 13.3. The number of nitrogens with zero attached hydrogens (tertiary/aromatic N) is 1. The predicted octanol–water partition coefficient (Wildman–Crippen LogP) is 0.176. The highest BCUT2D eigenvalue weighted by atomic mass is 19.3. The predicted molar refractivity (Wildman–Crippen MR) is 58.9 cm³/mol. The molecule has 2 rings (SSSR count). The van der Waals surface area contributed by atoms with E-state index in [0.29, 0.717) is 6.20 Å². The molecule has 2 heterocycles. The minimum atomic E-state index is -1.75. The summed E-state index contributed by atoms with van der Waals surface area (Å²) in [6.07, 6.45) is -3.02. The molecule has 0 aliphatic carbocycles. The Morgan fingerprint density at radius 1 is 1.45 bits per heavy atom. The maximum absolute atomic E-state index is 13.3. The standard InChI is InChI=1S/C9H10F2N2O4.CH2F2/c10-4-1-7(17-6(4)3-14)13-2-5(11)8(15)12-9(13)16;2-1-3/h2,4,6-7,14H,1,3H2,(H,12,15,16);1H2. The lowest BCUT2D eigenvalue weighted by atomic mass is 10.2. The SMILES string of the molecule is FCF.O=c1[nH]c(=O)n(C2CC(F)C(CO)O2)cc1F. The third-order valence-corrected chi connectivity index (χ3v) is 2.58. The molecule has 10 heteroatoms. The van der Waals surface area contributed by atoms with Crippen LogP contribution in [0.15, 0.2) is 15.8 Å². The molecular weight excluding hydrogens is 288 g/mol. The summed E-state index contributed by atoms with van der Waals surface area (Å²) in [5, 5.41) is 8.78. The van der Waals surface area contributed by atoms with E-state index in [-0.39, 0.29) is 6.42 Å². The normalized spacial score (nSPS) is 25.1. The number of H-pyrrole nitrogens is 1. The molecule has 3 unspecified atom stereocenters. The molecule has 20 heavy (non-hydrogen) atoms. The van der Waals surface area contributed by atoms with Crippen LogP contribution < -0.4 is 11.2 Å². The third kappa shape index (κ3) is 3.67. The monoisotopic (exact) mass is 300 g/mol. The van der Waals surface area contributed by atoms with Crippen LogP contribution in [-0.2, 0) is 4.74 Å². The molecule has 1 aliphatic rings. The average Bonchev–Trinajstić information content (AvgIpc) is 2.76. The van der Waals surface area contributed by atoms with E-state index in [1.807, 2.05) is 0 Å². The molecule has 3 atom stereocenters. The number of ether oxygens (including phenoxy) is 1. The number of aliphatic hydroxyl groups excluding tert-OH is 1. The van der Waals surface area contributed by atoms with Crippen LogP contribution in [0.3, 0.4) is 0 Å². The van der Waals surface area contributed by atoms with Gasteiger partial charge in [-0.25, -0.2) is 18.0 Å². The van der Waals surface area contributed by atoms with Crippen molar-refractivity contribution in [2.24, 2.45) is 0 Å². The summed E-state index contributed by atoms with van der Waals surface area (Å²) in [5.41, 5.74) is -2.02. The molecular formula is C10H12F4N2O4. The second kappa shape index (κ2) is 7.20. The number of nitrogens with one attached hydrogen (secondary N) is 1. The number of halogens is 4. The lowest BCUT2D eigenvalue weighted by Crippen LogP contribution is -2.34. The molecule has 0 amide bonds. The Hall–Kier alpha value is -1.68. The highest BCUT2D eigenvalue weighted by Gasteiger charge is 2.36. The number of alkyl halides is 3. The molecule has 0 saturated carbocycles. The van der Waals surface area contributed by atoms with Crippen LogP contribution in [0.5, 0.6) is 0 Å². The number of aromatic amines is 1. The van der Waals surface area contributed by atoms with Gasteiger partial charge in [-0.2, -0.15) is 4.39 Å². The van der Waals surface area contributed by atoms with Gasteiger partial charge in [0.2, 0.25) is 12.7 Å². The molecule has 6 nitrogen and oxygen atoms in total. The summed E-state index contributed by atoms with van der Waals surface area (Å²) in [7, 11) is 0. The van der Waals surface area contributed by atoms with Gasteiger partial charge in [0, 0.05) is 6.42 Å². The first-order valence-corrected chi connectivity index (χ1v) is 5.47. The summed E-state index contributed by atoms with van der Waals surface area (Å²) < 4.78 is 51.3. The van der Waals surface area contributed by atoms with Crippen LogP contribution >= 0.6 is 0 Å². The van der Waals surface area contributed by atoms with Crippen LogP contribution in [0, 0.1) is 5.82 Å². The van der Waals surface area contributed by atoms with Gasteiger partial charge in [0.05, 0.1) is 12.8 Å². The van der Waals surface area contributed by atoms with Crippen molar-refractivity contribution in [3.05, 3.63) is 32.9 Å². The van der Waals surface area contributed by atoms with Crippen molar-refractivity contribution in [3.8, 4) is 0 Å². The molecule has 114 valence electrons. The van der Waals surface area contributed by atoms with E-state index in [9.17, 15) is 27.2 Å². The largest absolute Gasteiger partial charge is 0.394 e. The maximum Gasteiger partial charge on any atom is 0.330 e. The molecule has 1 saturated heterocycles. The first kappa shape index (κ1) is 16.4. The third-order valence-electron chi connectivity index (χ3n) is 2.58. The zero-order chi connectivity index (χ0) is 15.3. The number of aromatic nitrogens is 2. The van der Waals surface area contributed by atoms with Gasteiger partial charge in [0.1, 0.15) is 18.5 Å². The van der Waals surface area contributed by atoms with Crippen LogP contribution in [0.1, 0.15) is 12.6 Å². The van der Waals surface area contributed by atoms with Crippen molar-refractivity contribution >= 4 is 0 Å². The van der Waals surface area contributed by atoms with Gasteiger partial charge in [-0.3, -0.25) is 14.3 Å². The fraction of sp³-hybridized carbons (Fsp3) is 0.600. The van der Waals surface area contributed by atoms with Gasteiger partial charge >= 0.3 is 5.69 Å². The summed E-state index contributed by atoms with van der Waals surface area (Å²) in [6.45, 7) is -2.28. The zero-order valence-electron chi connectivity index (χ0n) is 10.1. The van der Waals surface area contributed by atoms with Crippen molar-refractivity contribution < 1.29 is 27.4 Å². The molecule has 1 fully saturated rings. The Morgan fingerprint density at radius 2 is 2.05 bits per heavy atom. The Bertz CT molecular complexity index is 547. The lowest BCUT2D eigenvalue weighted by molar-refractivity contribution is -0.0359. The van der Waals surface area contributed by atoms with Crippen molar-refractivity contribution in [1.29, 1.82) is 0 Å². The Morgan fingerprint density at radius 3 is 2.55 bits per heavy atom. The van der Waals surface area contributed by atoms with E-state index >= 15 is 0 Å². The Kier molecular flexibility index (Phi) is 5.89. The molecule has 0 bridgehead atoms. The molecule has 1 aromatic rings. The molecule has 1 aliphatic heterocycles. The minimum Gasteiger partial charge on any atom is -0.394 e. The van der Waals surface area contributed by atoms with Crippen molar-refractivity contribution in [2.45, 2.75) is 24.9 Å². The van der Waals surface area contributed by atoms with E-state index in [2.05, 4.69) is 0 Å².